The van der Waals surface area contributed by atoms with Crippen LogP contribution in [0.15, 0.2) is 66.7 Å². The van der Waals surface area contributed by atoms with Crippen LogP contribution in [0.2, 0.25) is 5.02 Å². The Bertz CT molecular complexity index is 1410. The van der Waals surface area contributed by atoms with Crippen molar-refractivity contribution in [3.63, 3.8) is 0 Å². The second kappa shape index (κ2) is 5.68. The Kier molecular flexibility index (Phi) is 3.25. The summed E-state index contributed by atoms with van der Waals surface area (Å²) in [6.07, 6.45) is 0. The minimum Gasteiger partial charge on any atom is -0.508 e. The summed E-state index contributed by atoms with van der Waals surface area (Å²) in [4.78, 5) is 12.8. The first kappa shape index (κ1) is 17.2. The largest absolute Gasteiger partial charge is 0.508 e. The van der Waals surface area contributed by atoms with Crippen molar-refractivity contribution in [2.75, 3.05) is 0 Å². The van der Waals surface area contributed by atoms with Crippen molar-refractivity contribution >= 4 is 28.3 Å². The smallest absolute Gasteiger partial charge is 0.340 e. The molecule has 5 nitrogen and oxygen atoms in total. The van der Waals surface area contributed by atoms with E-state index < -0.39 is 11.6 Å². The molecule has 4 aromatic rings. The lowest BCUT2D eigenvalue weighted by molar-refractivity contribution is 0.0225. The fraction of sp³-hybridized carbons (Fsp3) is 0.0417. The average Bonchev–Trinajstić information content (AvgIpc) is 3.03. The summed E-state index contributed by atoms with van der Waals surface area (Å²) in [5, 5.41) is 21.7. The second-order valence-electron chi connectivity index (χ2n) is 7.37. The van der Waals surface area contributed by atoms with Gasteiger partial charge in [0.25, 0.3) is 0 Å². The first-order valence-corrected chi connectivity index (χ1v) is 9.67. The fourth-order valence-electron chi connectivity index (χ4n) is 4.45. The Hall–Kier alpha value is -3.70. The minimum atomic E-state index is -1.26. The molecule has 0 fully saturated rings. The maximum atomic E-state index is 12.8. The average molecular weight is 417 g/mol. The molecular weight excluding hydrogens is 404 g/mol. The van der Waals surface area contributed by atoms with Gasteiger partial charge in [-0.25, -0.2) is 4.79 Å². The van der Waals surface area contributed by atoms with Crippen molar-refractivity contribution in [2.45, 2.75) is 5.60 Å². The van der Waals surface area contributed by atoms with E-state index in [1.165, 1.54) is 6.07 Å². The topological polar surface area (TPSA) is 76.0 Å². The summed E-state index contributed by atoms with van der Waals surface area (Å²) in [5.41, 5.74) is 1.06. The van der Waals surface area contributed by atoms with E-state index in [0.717, 1.165) is 10.8 Å². The van der Waals surface area contributed by atoms with E-state index in [-0.39, 0.29) is 16.5 Å². The Balaban J connectivity index is 1.78. The van der Waals surface area contributed by atoms with Crippen molar-refractivity contribution in [1.29, 1.82) is 0 Å². The van der Waals surface area contributed by atoms with Crippen LogP contribution in [0.5, 0.6) is 23.0 Å². The van der Waals surface area contributed by atoms with Crippen molar-refractivity contribution in [2.24, 2.45) is 0 Å². The van der Waals surface area contributed by atoms with Crippen LogP contribution in [0.4, 0.5) is 0 Å². The Morgan fingerprint density at radius 2 is 1.70 bits per heavy atom. The predicted octanol–water partition coefficient (Wildman–Crippen LogP) is 5.47. The van der Waals surface area contributed by atoms with Gasteiger partial charge in [-0.3, -0.25) is 0 Å². The molecule has 0 saturated heterocycles. The van der Waals surface area contributed by atoms with Gasteiger partial charge >= 0.3 is 5.97 Å². The van der Waals surface area contributed by atoms with Crippen LogP contribution >= 0.6 is 11.6 Å². The number of ether oxygens (including phenoxy) is 2. The molecule has 6 rings (SSSR count). The molecule has 0 aromatic heterocycles. The SMILES string of the molecule is O=C1OC2(c3cc(Cl)c(O)cc3Oc3c2ccc2cc(O)ccc32)c2ccccc21. The Labute approximate surface area is 175 Å². The third kappa shape index (κ3) is 2.05. The summed E-state index contributed by atoms with van der Waals surface area (Å²) in [6, 6.07) is 18.8. The number of aromatic hydroxyl groups is 2. The van der Waals surface area contributed by atoms with E-state index in [0.29, 0.717) is 33.8 Å². The summed E-state index contributed by atoms with van der Waals surface area (Å²) in [6.45, 7) is 0. The highest BCUT2D eigenvalue weighted by molar-refractivity contribution is 6.32. The molecule has 6 heteroatoms. The maximum absolute atomic E-state index is 12.8. The lowest BCUT2D eigenvalue weighted by Crippen LogP contribution is -2.33. The molecule has 0 bridgehead atoms. The summed E-state index contributed by atoms with van der Waals surface area (Å²) in [5.74, 6) is 0.389. The number of phenols is 2. The third-order valence-corrected chi connectivity index (χ3v) is 6.05. The van der Waals surface area contributed by atoms with Crippen LogP contribution in [-0.2, 0) is 10.3 Å². The van der Waals surface area contributed by atoms with Crippen LogP contribution in [0.1, 0.15) is 27.0 Å². The minimum absolute atomic E-state index is 0.131. The van der Waals surface area contributed by atoms with Crippen LogP contribution < -0.4 is 4.74 Å². The summed E-state index contributed by atoms with van der Waals surface area (Å²) >= 11 is 6.24. The first-order valence-electron chi connectivity index (χ1n) is 9.29. The molecule has 146 valence electrons. The summed E-state index contributed by atoms with van der Waals surface area (Å²) in [7, 11) is 0. The number of hydrogen-bond donors (Lipinski definition) is 2. The van der Waals surface area contributed by atoms with E-state index in [9.17, 15) is 15.0 Å². The van der Waals surface area contributed by atoms with Gasteiger partial charge in [-0.1, -0.05) is 35.9 Å². The highest BCUT2D eigenvalue weighted by atomic mass is 35.5. The molecule has 2 heterocycles. The van der Waals surface area contributed by atoms with E-state index in [1.807, 2.05) is 24.3 Å². The van der Waals surface area contributed by atoms with Gasteiger partial charge in [0.2, 0.25) is 0 Å². The van der Waals surface area contributed by atoms with E-state index in [4.69, 9.17) is 21.1 Å². The highest BCUT2D eigenvalue weighted by Crippen LogP contribution is 2.58. The molecule has 2 N–H and O–H groups in total. The van der Waals surface area contributed by atoms with Crippen LogP contribution in [-0.4, -0.2) is 16.2 Å². The highest BCUT2D eigenvalue weighted by Gasteiger charge is 2.54. The quantitative estimate of drug-likeness (QED) is 0.371. The maximum Gasteiger partial charge on any atom is 0.340 e. The lowest BCUT2D eigenvalue weighted by Gasteiger charge is -2.37. The van der Waals surface area contributed by atoms with Gasteiger partial charge in [0, 0.05) is 28.1 Å². The molecule has 2 aliphatic heterocycles. The predicted molar refractivity (Wildman–Crippen MR) is 111 cm³/mol. The van der Waals surface area contributed by atoms with Crippen molar-refractivity contribution in [1.82, 2.24) is 0 Å². The number of carbonyl (C=O) groups is 1. The number of rotatable bonds is 0. The Morgan fingerprint density at radius 3 is 2.57 bits per heavy atom. The van der Waals surface area contributed by atoms with Gasteiger partial charge < -0.3 is 19.7 Å². The summed E-state index contributed by atoms with van der Waals surface area (Å²) < 4.78 is 12.3. The number of benzene rings is 4. The first-order chi connectivity index (χ1) is 14.5. The van der Waals surface area contributed by atoms with Crippen molar-refractivity contribution < 1.29 is 24.5 Å². The molecule has 0 amide bonds. The van der Waals surface area contributed by atoms with Crippen LogP contribution in [0.3, 0.4) is 0 Å². The van der Waals surface area contributed by atoms with Gasteiger partial charge in [0.15, 0.2) is 5.60 Å². The number of halogens is 1. The fourth-order valence-corrected chi connectivity index (χ4v) is 4.61. The monoisotopic (exact) mass is 416 g/mol. The van der Waals surface area contributed by atoms with E-state index in [2.05, 4.69) is 0 Å². The zero-order chi connectivity index (χ0) is 20.6. The molecule has 0 radical (unpaired) electrons. The Morgan fingerprint density at radius 1 is 0.867 bits per heavy atom. The third-order valence-electron chi connectivity index (χ3n) is 5.75. The van der Waals surface area contributed by atoms with Crippen molar-refractivity contribution in [3.8, 4) is 23.0 Å². The molecule has 30 heavy (non-hydrogen) atoms. The molecule has 0 aliphatic carbocycles. The molecule has 1 atom stereocenters. The number of esters is 1. The second-order valence-corrected chi connectivity index (χ2v) is 7.77. The van der Waals surface area contributed by atoms with Crippen LogP contribution in [0.25, 0.3) is 10.8 Å². The van der Waals surface area contributed by atoms with Crippen LogP contribution in [0, 0.1) is 0 Å². The normalized spacial score (nSPS) is 18.5. The number of hydrogen-bond acceptors (Lipinski definition) is 5. The zero-order valence-electron chi connectivity index (χ0n) is 15.3. The molecular formula is C24H13ClO5. The lowest BCUT2D eigenvalue weighted by atomic mass is 9.77. The van der Waals surface area contributed by atoms with Gasteiger partial charge in [-0.15, -0.1) is 0 Å². The molecule has 4 aromatic carbocycles. The number of fused-ring (bicyclic) bond motifs is 8. The van der Waals surface area contributed by atoms with Gasteiger partial charge in [0.05, 0.1) is 10.6 Å². The van der Waals surface area contributed by atoms with E-state index in [1.54, 1.807) is 36.4 Å². The van der Waals surface area contributed by atoms with Gasteiger partial charge in [-0.2, -0.15) is 0 Å². The van der Waals surface area contributed by atoms with Gasteiger partial charge in [-0.05, 0) is 41.8 Å². The molecule has 1 spiro atoms. The molecule has 2 aliphatic rings. The standard InChI is InChI=1S/C24H13ClO5/c25-19-10-18-21(11-20(19)27)29-22-14-7-6-13(26)9-12(14)5-8-17(22)24(18)16-4-2-1-3-15(16)23(28)30-24/h1-11,26-27H. The van der Waals surface area contributed by atoms with E-state index >= 15 is 0 Å². The number of carbonyl (C=O) groups excluding carboxylic acids is 1. The molecule has 1 unspecified atom stereocenters. The van der Waals surface area contributed by atoms with Crippen molar-refractivity contribution in [3.05, 3.63) is 94.0 Å². The number of phenolic OH excluding ortho intramolecular Hbond substituents is 2. The van der Waals surface area contributed by atoms with Gasteiger partial charge in [0.1, 0.15) is 23.0 Å². The molecule has 0 saturated carbocycles. The zero-order valence-corrected chi connectivity index (χ0v) is 16.1.